The molecule has 2 N–H and O–H groups in total. The zero-order chi connectivity index (χ0) is 53.7. The van der Waals surface area contributed by atoms with Gasteiger partial charge >= 0.3 is 0 Å². The number of fused-ring (bicyclic) bond motifs is 12. The van der Waals surface area contributed by atoms with Crippen LogP contribution in [0.15, 0.2) is 72.8 Å². The topological polar surface area (TPSA) is 131 Å². The van der Waals surface area contributed by atoms with Gasteiger partial charge in [0.1, 0.15) is 46.0 Å². The van der Waals surface area contributed by atoms with E-state index >= 15 is 0 Å². The molecule has 12 aliphatic carbocycles. The highest BCUT2D eigenvalue weighted by Gasteiger charge is 2.51. The Balaban J connectivity index is 1.02. The van der Waals surface area contributed by atoms with Crippen LogP contribution >= 0.6 is 0 Å². The van der Waals surface area contributed by atoms with Crippen LogP contribution in [0.2, 0.25) is 0 Å². The van der Waals surface area contributed by atoms with Crippen LogP contribution in [0.1, 0.15) is 188 Å². The first-order valence-corrected chi connectivity index (χ1v) is 28.6. The summed E-state index contributed by atoms with van der Waals surface area (Å²) in [7, 11) is 14.4. The van der Waals surface area contributed by atoms with Gasteiger partial charge in [0.05, 0.1) is 79.7 Å². The third kappa shape index (κ3) is 5.76. The number of hydrogen-bond acceptors (Lipinski definition) is 10. The molecule has 4 aromatic carbocycles. The SMILES string of the molecule is COc1ccc(OC)c2c1C1CCC2C2=C1c1cc3nc(cc4[nH]c(cc5[nH]c(cc2n1)c1c5C2CCC1c1c(OC)ccc(OC)c12)c1c4C2CCC1c1c(OC)ccc(OC)c12)C1=C3C2CCC1c1c(OC)ccc(OC)c12. The molecule has 8 unspecified atom stereocenters. The highest BCUT2D eigenvalue weighted by atomic mass is 16.5. The number of nitrogens with zero attached hydrogens (tertiary/aromatic N) is 2. The van der Waals surface area contributed by atoms with E-state index in [1.165, 1.54) is 89.1 Å². The van der Waals surface area contributed by atoms with Gasteiger partial charge in [-0.3, -0.25) is 0 Å². The second kappa shape index (κ2) is 16.7. The van der Waals surface area contributed by atoms with Gasteiger partial charge < -0.3 is 47.9 Å². The smallest absolute Gasteiger partial charge is 0.123 e. The van der Waals surface area contributed by atoms with E-state index in [0.717, 1.165) is 142 Å². The number of aromatic amines is 2. The van der Waals surface area contributed by atoms with Crippen molar-refractivity contribution in [3.05, 3.63) is 162 Å². The van der Waals surface area contributed by atoms with E-state index in [2.05, 4.69) is 82.8 Å². The normalized spacial score (nSPS) is 24.0. The number of benzene rings is 4. The van der Waals surface area contributed by atoms with Crippen LogP contribution in [0.25, 0.3) is 44.4 Å². The van der Waals surface area contributed by atoms with Gasteiger partial charge in [-0.15, -0.1) is 0 Å². The Hall–Kier alpha value is -8.12. The maximum atomic E-state index is 6.27. The van der Waals surface area contributed by atoms with Crippen molar-refractivity contribution in [2.45, 2.75) is 98.7 Å². The average molecular weight is 1060 g/mol. The molecule has 16 bridgehead atoms. The third-order valence-corrected chi connectivity index (χ3v) is 20.7. The number of ether oxygens (including phenoxy) is 8. The van der Waals surface area contributed by atoms with E-state index in [4.69, 9.17) is 47.9 Å². The minimum Gasteiger partial charge on any atom is -0.496 e. The summed E-state index contributed by atoms with van der Waals surface area (Å²) in [4.78, 5) is 20.2. The number of allylic oxidation sites excluding steroid dienone is 4. The van der Waals surface area contributed by atoms with Crippen LogP contribution < -0.4 is 37.9 Å². The molecular weight excluding hydrogens is 1000 g/mol. The Morgan fingerprint density at radius 2 is 0.463 bits per heavy atom. The summed E-state index contributed by atoms with van der Waals surface area (Å²) in [6, 6.07) is 26.3. The molecule has 0 radical (unpaired) electrons. The van der Waals surface area contributed by atoms with Crippen molar-refractivity contribution in [3.63, 3.8) is 0 Å². The second-order valence-electron chi connectivity index (χ2n) is 23.5. The van der Waals surface area contributed by atoms with Gasteiger partial charge in [0.15, 0.2) is 0 Å². The van der Waals surface area contributed by atoms with Crippen molar-refractivity contribution in [2.75, 3.05) is 56.9 Å². The molecular formula is C68H62N4O8. The highest BCUT2D eigenvalue weighted by Crippen LogP contribution is 2.68. The quantitative estimate of drug-likeness (QED) is 0.152. The number of methoxy groups -OCH3 is 8. The van der Waals surface area contributed by atoms with Gasteiger partial charge in [0.2, 0.25) is 0 Å². The minimum atomic E-state index is 0.0370. The fraction of sp³-hybridized carbons (Fsp3) is 0.353. The van der Waals surface area contributed by atoms with Gasteiger partial charge in [-0.05, 0) is 169 Å². The first-order chi connectivity index (χ1) is 39.3. The van der Waals surface area contributed by atoms with Crippen molar-refractivity contribution >= 4 is 44.4 Å². The van der Waals surface area contributed by atoms with Crippen molar-refractivity contribution < 1.29 is 37.9 Å². The van der Waals surface area contributed by atoms with Crippen LogP contribution in [-0.4, -0.2) is 76.8 Å². The molecule has 402 valence electrons. The van der Waals surface area contributed by atoms with Crippen LogP contribution in [0.4, 0.5) is 0 Å². The first kappa shape index (κ1) is 46.8. The van der Waals surface area contributed by atoms with Crippen LogP contribution in [0.5, 0.6) is 46.0 Å². The first-order valence-electron chi connectivity index (χ1n) is 28.6. The third-order valence-electron chi connectivity index (χ3n) is 20.7. The molecule has 0 saturated carbocycles. The fourth-order valence-electron chi connectivity index (χ4n) is 18.1. The standard InChI is InChI=1S/C68H62N4O8/c1-73-45-17-18-46(74-2)62-30-10-9-29(61(45)62)53-37-25-39-55-31-11-12-33(65-49(77-5)20-19-47(75-3)63(31)65)57(55)41(70-39)27-43-59-35-15-16-36(68-52(80-8)24-23-51(79-7)67(35)68)60(59)44(72-43)28-42-58-34-14-13-32(56(58)40(71-42)26-38(69-37)54(30)53)64-48(76-4)21-22-50(78-6)66(34)64/h17-36,69-70H,9-16H2,1-8H3. The second-order valence-corrected chi connectivity index (χ2v) is 23.5. The van der Waals surface area contributed by atoms with E-state index in [1.54, 1.807) is 56.9 Å². The zero-order valence-electron chi connectivity index (χ0n) is 46.4. The molecule has 80 heavy (non-hydrogen) atoms. The van der Waals surface area contributed by atoms with Crippen molar-refractivity contribution in [3.8, 4) is 46.0 Å². The predicted molar refractivity (Wildman–Crippen MR) is 308 cm³/mol. The van der Waals surface area contributed by atoms with Crippen molar-refractivity contribution in [1.29, 1.82) is 0 Å². The van der Waals surface area contributed by atoms with Gasteiger partial charge in [-0.1, -0.05) is 0 Å². The monoisotopic (exact) mass is 1060 g/mol. The molecule has 12 heteroatoms. The number of aromatic nitrogens is 4. The number of nitrogens with one attached hydrogen (secondary N) is 2. The summed E-state index contributed by atoms with van der Waals surface area (Å²) in [5.41, 5.74) is 28.5. The van der Waals surface area contributed by atoms with Crippen LogP contribution in [-0.2, 0) is 0 Å². The summed E-state index contributed by atoms with van der Waals surface area (Å²) in [5, 5.41) is 0. The van der Waals surface area contributed by atoms with Crippen molar-refractivity contribution in [1.82, 2.24) is 19.9 Å². The molecule has 5 heterocycles. The lowest BCUT2D eigenvalue weighted by Crippen LogP contribution is -2.25. The lowest BCUT2D eigenvalue weighted by Gasteiger charge is -2.41. The van der Waals surface area contributed by atoms with E-state index in [-0.39, 0.29) is 47.3 Å². The van der Waals surface area contributed by atoms with E-state index in [1.807, 2.05) is 0 Å². The van der Waals surface area contributed by atoms with Gasteiger partial charge in [-0.25, -0.2) is 9.97 Å². The molecule has 0 amide bonds. The molecule has 3 aromatic heterocycles. The number of rotatable bonds is 8. The highest BCUT2D eigenvalue weighted by molar-refractivity contribution is 6.05. The van der Waals surface area contributed by atoms with Gasteiger partial charge in [0.25, 0.3) is 0 Å². The largest absolute Gasteiger partial charge is 0.496 e. The Morgan fingerprint density at radius 3 is 0.700 bits per heavy atom. The van der Waals surface area contributed by atoms with E-state index in [9.17, 15) is 0 Å². The predicted octanol–water partition coefficient (Wildman–Crippen LogP) is 14.3. The molecule has 14 aliphatic rings. The molecule has 12 nitrogen and oxygen atoms in total. The molecule has 2 aliphatic heterocycles. The lowest BCUT2D eigenvalue weighted by atomic mass is 9.62. The van der Waals surface area contributed by atoms with Crippen LogP contribution in [0, 0.1) is 0 Å². The fourth-order valence-corrected chi connectivity index (χ4v) is 18.1. The average Bonchev–Trinajstić information content (AvgIpc) is 4.47. The molecule has 0 fully saturated rings. The Morgan fingerprint density at radius 1 is 0.263 bits per heavy atom. The number of H-pyrrole nitrogens is 2. The maximum absolute atomic E-state index is 6.27. The summed E-state index contributed by atoms with van der Waals surface area (Å²) >= 11 is 0. The van der Waals surface area contributed by atoms with Crippen molar-refractivity contribution in [2.24, 2.45) is 0 Å². The Bertz CT molecular complexity index is 3950. The van der Waals surface area contributed by atoms with E-state index < -0.39 is 0 Å². The maximum Gasteiger partial charge on any atom is 0.123 e. The summed E-state index contributed by atoms with van der Waals surface area (Å²) in [5.74, 6) is 7.62. The molecule has 8 atom stereocenters. The number of hydrogen-bond donors (Lipinski definition) is 2. The zero-order valence-corrected chi connectivity index (χ0v) is 46.4. The Kier molecular flexibility index (Phi) is 9.77. The molecule has 21 rings (SSSR count). The van der Waals surface area contributed by atoms with Gasteiger partial charge in [-0.2, -0.15) is 0 Å². The molecule has 7 aromatic rings. The Labute approximate surface area is 464 Å². The van der Waals surface area contributed by atoms with E-state index in [0.29, 0.717) is 0 Å². The summed E-state index contributed by atoms with van der Waals surface area (Å²) in [6.45, 7) is 0. The molecule has 0 saturated heterocycles. The summed E-state index contributed by atoms with van der Waals surface area (Å²) < 4.78 is 50.2. The molecule has 0 spiro atoms. The lowest BCUT2D eigenvalue weighted by molar-refractivity contribution is 0.375. The summed E-state index contributed by atoms with van der Waals surface area (Å²) in [6.07, 6.45) is 7.87. The van der Waals surface area contributed by atoms with Crippen LogP contribution in [0.3, 0.4) is 0 Å². The van der Waals surface area contributed by atoms with Gasteiger partial charge in [0, 0.05) is 114 Å². The minimum absolute atomic E-state index is 0.0370.